The van der Waals surface area contributed by atoms with Crippen molar-refractivity contribution in [2.75, 3.05) is 10.8 Å². The predicted octanol–water partition coefficient (Wildman–Crippen LogP) is 5.26. The number of amides is 1. The van der Waals surface area contributed by atoms with Crippen molar-refractivity contribution in [1.29, 1.82) is 0 Å². The van der Waals surface area contributed by atoms with Crippen LogP contribution in [0.1, 0.15) is 39.0 Å². The average Bonchev–Trinajstić information content (AvgIpc) is 2.79. The van der Waals surface area contributed by atoms with Crippen LogP contribution in [0, 0.1) is 5.92 Å². The summed E-state index contributed by atoms with van der Waals surface area (Å²) in [7, 11) is -4.01. The normalized spacial score (nSPS) is 16.6. The third-order valence-corrected chi connectivity index (χ3v) is 7.94. The van der Waals surface area contributed by atoms with Crippen LogP contribution in [0.5, 0.6) is 0 Å². The van der Waals surface area contributed by atoms with E-state index in [1.165, 1.54) is 30.3 Å². The van der Waals surface area contributed by atoms with Crippen LogP contribution in [0.4, 0.5) is 5.69 Å². The van der Waals surface area contributed by atoms with E-state index in [0.717, 1.165) is 42.1 Å². The minimum atomic E-state index is -4.01. The van der Waals surface area contributed by atoms with E-state index in [9.17, 15) is 13.2 Å². The molecule has 3 rings (SSSR count). The van der Waals surface area contributed by atoms with Crippen LogP contribution in [0.25, 0.3) is 0 Å². The molecule has 0 atom stereocenters. The average molecular weight is 482 g/mol. The summed E-state index contributed by atoms with van der Waals surface area (Å²) in [4.78, 5) is 12.7. The van der Waals surface area contributed by atoms with Crippen LogP contribution in [0.15, 0.2) is 58.5 Å². The van der Waals surface area contributed by atoms with Gasteiger partial charge in [-0.05, 0) is 61.9 Å². The van der Waals surface area contributed by atoms with Crippen molar-refractivity contribution in [1.82, 2.24) is 5.43 Å². The molecular formula is C22H25Cl2N3O3S. The first kappa shape index (κ1) is 23.6. The van der Waals surface area contributed by atoms with E-state index in [4.69, 9.17) is 23.2 Å². The fourth-order valence-corrected chi connectivity index (χ4v) is 5.24. The van der Waals surface area contributed by atoms with Crippen molar-refractivity contribution in [3.63, 3.8) is 0 Å². The molecule has 1 amide bonds. The molecule has 1 aliphatic rings. The number of benzene rings is 2. The highest BCUT2D eigenvalue weighted by Crippen LogP contribution is 2.30. The van der Waals surface area contributed by atoms with Crippen molar-refractivity contribution in [2.24, 2.45) is 11.0 Å². The molecule has 0 heterocycles. The zero-order valence-corrected chi connectivity index (χ0v) is 19.6. The molecule has 1 aliphatic carbocycles. The third-order valence-electron chi connectivity index (χ3n) is 5.41. The maximum atomic E-state index is 13.3. The van der Waals surface area contributed by atoms with Gasteiger partial charge in [-0.3, -0.25) is 9.10 Å². The second kappa shape index (κ2) is 10.5. The van der Waals surface area contributed by atoms with Crippen LogP contribution >= 0.6 is 23.2 Å². The number of hydrogen-bond donors (Lipinski definition) is 1. The molecule has 0 spiro atoms. The number of halogens is 2. The highest BCUT2D eigenvalue weighted by Gasteiger charge is 2.27. The summed E-state index contributed by atoms with van der Waals surface area (Å²) in [6.07, 6.45) is 4.96. The molecule has 9 heteroatoms. The van der Waals surface area contributed by atoms with E-state index in [-0.39, 0.29) is 15.6 Å². The maximum Gasteiger partial charge on any atom is 0.264 e. The number of carbonyl (C=O) groups is 1. The Kier molecular flexibility index (Phi) is 7.97. The van der Waals surface area contributed by atoms with Crippen molar-refractivity contribution >= 4 is 50.5 Å². The zero-order chi connectivity index (χ0) is 22.4. The lowest BCUT2D eigenvalue weighted by molar-refractivity contribution is -0.119. The molecular weight excluding hydrogens is 457 g/mol. The van der Waals surface area contributed by atoms with Crippen LogP contribution in [-0.4, -0.2) is 26.6 Å². The topological polar surface area (TPSA) is 78.8 Å². The van der Waals surface area contributed by atoms with E-state index < -0.39 is 22.5 Å². The number of hydrazone groups is 1. The van der Waals surface area contributed by atoms with Crippen molar-refractivity contribution in [2.45, 2.75) is 43.9 Å². The van der Waals surface area contributed by atoms with Crippen LogP contribution in [0.3, 0.4) is 0 Å². The molecule has 0 aliphatic heterocycles. The van der Waals surface area contributed by atoms with Gasteiger partial charge in [-0.25, -0.2) is 13.8 Å². The minimum Gasteiger partial charge on any atom is -0.271 e. The summed E-state index contributed by atoms with van der Waals surface area (Å²) < 4.78 is 27.6. The Bertz CT molecular complexity index is 1050. The van der Waals surface area contributed by atoms with Gasteiger partial charge in [0.15, 0.2) is 0 Å². The fourth-order valence-electron chi connectivity index (χ4n) is 3.51. The summed E-state index contributed by atoms with van der Waals surface area (Å²) in [5, 5.41) is 4.72. The Labute approximate surface area is 193 Å². The lowest BCUT2D eigenvalue weighted by atomic mass is 9.86. The summed E-state index contributed by atoms with van der Waals surface area (Å²) in [5.74, 6) is 0.173. The zero-order valence-electron chi connectivity index (χ0n) is 17.2. The number of sulfonamides is 1. The molecule has 1 saturated carbocycles. The third kappa shape index (κ3) is 5.99. The van der Waals surface area contributed by atoms with Crippen LogP contribution < -0.4 is 9.73 Å². The standard InChI is InChI=1S/C22H25Cl2N3O3S/c1-2-16-8-10-17(11-9-16)25-26-22(28)15-27(18-12-13-20(23)21(24)14-18)31(29,30)19-6-4-3-5-7-19/h3-7,12-14,16H,2,8-11,15H2,1H3,(H,26,28). The lowest BCUT2D eigenvalue weighted by Gasteiger charge is -2.24. The van der Waals surface area contributed by atoms with E-state index in [1.54, 1.807) is 18.2 Å². The van der Waals surface area contributed by atoms with Gasteiger partial charge in [0.2, 0.25) is 0 Å². The number of hydrogen-bond acceptors (Lipinski definition) is 4. The molecule has 2 aromatic carbocycles. The molecule has 0 radical (unpaired) electrons. The van der Waals surface area contributed by atoms with Crippen LogP contribution in [0.2, 0.25) is 10.0 Å². The number of anilines is 1. The van der Waals surface area contributed by atoms with E-state index in [0.29, 0.717) is 10.9 Å². The van der Waals surface area contributed by atoms with E-state index in [2.05, 4.69) is 17.5 Å². The number of nitrogens with one attached hydrogen (secondary N) is 1. The number of nitrogens with zero attached hydrogens (tertiary/aromatic N) is 2. The quantitative estimate of drug-likeness (QED) is 0.547. The Morgan fingerprint density at radius 2 is 1.77 bits per heavy atom. The van der Waals surface area contributed by atoms with Gasteiger partial charge >= 0.3 is 0 Å². The highest BCUT2D eigenvalue weighted by molar-refractivity contribution is 7.92. The van der Waals surface area contributed by atoms with E-state index >= 15 is 0 Å². The largest absolute Gasteiger partial charge is 0.271 e. The Hall–Kier alpha value is -2.09. The maximum absolute atomic E-state index is 13.3. The molecule has 2 aromatic rings. The summed E-state index contributed by atoms with van der Waals surface area (Å²) in [6, 6.07) is 12.4. The molecule has 0 aromatic heterocycles. The van der Waals surface area contributed by atoms with E-state index in [1.807, 2.05) is 0 Å². The van der Waals surface area contributed by atoms with Gasteiger partial charge in [0.05, 0.1) is 20.6 Å². The predicted molar refractivity (Wildman–Crippen MR) is 125 cm³/mol. The summed E-state index contributed by atoms with van der Waals surface area (Å²) in [6.45, 7) is 1.74. The molecule has 31 heavy (non-hydrogen) atoms. The molecule has 1 fully saturated rings. The summed E-state index contributed by atoms with van der Waals surface area (Å²) >= 11 is 12.1. The summed E-state index contributed by atoms with van der Waals surface area (Å²) in [5.41, 5.74) is 3.69. The van der Waals surface area contributed by atoms with Gasteiger partial charge in [-0.1, -0.05) is 54.7 Å². The SMILES string of the molecule is CCC1CCC(=NNC(=O)CN(c2ccc(Cl)c(Cl)c2)S(=O)(=O)c2ccccc2)CC1. The second-order valence-corrected chi connectivity index (χ2v) is 10.2. The van der Waals surface area contributed by atoms with Crippen molar-refractivity contribution in [3.8, 4) is 0 Å². The molecule has 6 nitrogen and oxygen atoms in total. The number of rotatable bonds is 7. The first-order valence-corrected chi connectivity index (χ1v) is 12.4. The molecule has 0 unspecified atom stereocenters. The van der Waals surface area contributed by atoms with Gasteiger partial charge in [0, 0.05) is 5.71 Å². The molecule has 0 bridgehead atoms. The van der Waals surface area contributed by atoms with Gasteiger partial charge in [0.25, 0.3) is 15.9 Å². The fraction of sp³-hybridized carbons (Fsp3) is 0.364. The molecule has 0 saturated heterocycles. The highest BCUT2D eigenvalue weighted by atomic mass is 35.5. The molecule has 1 N–H and O–H groups in total. The van der Waals surface area contributed by atoms with Crippen molar-refractivity contribution in [3.05, 3.63) is 58.6 Å². The first-order valence-electron chi connectivity index (χ1n) is 10.2. The Balaban J connectivity index is 1.82. The van der Waals surface area contributed by atoms with Gasteiger partial charge in [-0.15, -0.1) is 0 Å². The van der Waals surface area contributed by atoms with Gasteiger partial charge in [0.1, 0.15) is 6.54 Å². The van der Waals surface area contributed by atoms with Crippen LogP contribution in [-0.2, 0) is 14.8 Å². The monoisotopic (exact) mass is 481 g/mol. The molecule has 166 valence electrons. The Morgan fingerprint density at radius 3 is 2.39 bits per heavy atom. The minimum absolute atomic E-state index is 0.0677. The van der Waals surface area contributed by atoms with Gasteiger partial charge in [-0.2, -0.15) is 5.10 Å². The van der Waals surface area contributed by atoms with Gasteiger partial charge < -0.3 is 0 Å². The number of carbonyl (C=O) groups excluding carboxylic acids is 1. The Morgan fingerprint density at radius 1 is 1.10 bits per heavy atom. The smallest absolute Gasteiger partial charge is 0.264 e. The first-order chi connectivity index (χ1) is 14.8. The van der Waals surface area contributed by atoms with Crippen molar-refractivity contribution < 1.29 is 13.2 Å². The lowest BCUT2D eigenvalue weighted by Crippen LogP contribution is -2.40. The second-order valence-electron chi connectivity index (χ2n) is 7.49.